The van der Waals surface area contributed by atoms with Gasteiger partial charge in [-0.15, -0.1) is 11.3 Å². The van der Waals surface area contributed by atoms with Gasteiger partial charge < -0.3 is 10.1 Å². The molecular formula is C23H21N3O2S. The first-order valence-corrected chi connectivity index (χ1v) is 10.2. The van der Waals surface area contributed by atoms with Crippen LogP contribution in [0.1, 0.15) is 12.0 Å². The number of ether oxygens (including phenoxy) is 1. The zero-order chi connectivity index (χ0) is 20.1. The summed E-state index contributed by atoms with van der Waals surface area (Å²) in [5.74, 6) is 0.733. The van der Waals surface area contributed by atoms with Gasteiger partial charge >= 0.3 is 0 Å². The third-order valence-corrected chi connectivity index (χ3v) is 5.44. The SMILES string of the molecule is COc1ccc(NC(=O)CCc2cn(-c3ccccc3)nc2-c2cccs2)cc1. The molecule has 0 bridgehead atoms. The van der Waals surface area contributed by atoms with Crippen LogP contribution >= 0.6 is 11.3 Å². The van der Waals surface area contributed by atoms with Gasteiger partial charge in [0.15, 0.2) is 0 Å². The van der Waals surface area contributed by atoms with Gasteiger partial charge in [0.2, 0.25) is 5.91 Å². The molecule has 29 heavy (non-hydrogen) atoms. The van der Waals surface area contributed by atoms with Crippen LogP contribution in [-0.4, -0.2) is 22.8 Å². The number of aromatic nitrogens is 2. The molecule has 0 aliphatic heterocycles. The lowest BCUT2D eigenvalue weighted by Gasteiger charge is -2.06. The maximum Gasteiger partial charge on any atom is 0.224 e. The summed E-state index contributed by atoms with van der Waals surface area (Å²) in [6, 6.07) is 21.4. The topological polar surface area (TPSA) is 56.1 Å². The fourth-order valence-corrected chi connectivity index (χ4v) is 3.82. The smallest absolute Gasteiger partial charge is 0.224 e. The number of thiophene rings is 1. The number of nitrogens with one attached hydrogen (secondary N) is 1. The maximum atomic E-state index is 12.4. The van der Waals surface area contributed by atoms with Crippen LogP contribution in [0, 0.1) is 0 Å². The fourth-order valence-electron chi connectivity index (χ4n) is 3.07. The molecular weight excluding hydrogens is 382 g/mol. The molecule has 2 heterocycles. The number of anilines is 1. The second-order valence-corrected chi connectivity index (χ2v) is 7.48. The Kier molecular flexibility index (Phi) is 5.72. The predicted octanol–water partition coefficient (Wildman–Crippen LogP) is 5.18. The monoisotopic (exact) mass is 403 g/mol. The molecule has 5 nitrogen and oxygen atoms in total. The number of hydrogen-bond acceptors (Lipinski definition) is 4. The van der Waals surface area contributed by atoms with E-state index < -0.39 is 0 Å². The van der Waals surface area contributed by atoms with Gasteiger partial charge in [-0.3, -0.25) is 4.79 Å². The first kappa shape index (κ1) is 19.0. The van der Waals surface area contributed by atoms with Gasteiger partial charge in [0.25, 0.3) is 0 Å². The number of hydrogen-bond donors (Lipinski definition) is 1. The van der Waals surface area contributed by atoms with Crippen LogP contribution < -0.4 is 10.1 Å². The molecule has 0 saturated heterocycles. The first-order valence-electron chi connectivity index (χ1n) is 9.34. The molecule has 0 fully saturated rings. The fraction of sp³-hybridized carbons (Fsp3) is 0.130. The van der Waals surface area contributed by atoms with E-state index in [4.69, 9.17) is 9.84 Å². The van der Waals surface area contributed by atoms with Crippen molar-refractivity contribution in [2.45, 2.75) is 12.8 Å². The molecule has 2 aromatic heterocycles. The van der Waals surface area contributed by atoms with E-state index in [-0.39, 0.29) is 5.91 Å². The van der Waals surface area contributed by atoms with Crippen molar-refractivity contribution in [3.8, 4) is 22.0 Å². The average Bonchev–Trinajstić information content (AvgIpc) is 3.43. The Labute approximate surface area is 173 Å². The Balaban J connectivity index is 1.49. The third-order valence-electron chi connectivity index (χ3n) is 4.56. The van der Waals surface area contributed by atoms with E-state index in [0.29, 0.717) is 12.8 Å². The van der Waals surface area contributed by atoms with Crippen LogP contribution in [0.4, 0.5) is 5.69 Å². The Bertz CT molecular complexity index is 1070. The highest BCUT2D eigenvalue weighted by Crippen LogP contribution is 2.28. The van der Waals surface area contributed by atoms with Crippen molar-refractivity contribution in [2.75, 3.05) is 12.4 Å². The lowest BCUT2D eigenvalue weighted by Crippen LogP contribution is -2.12. The van der Waals surface area contributed by atoms with Crippen molar-refractivity contribution < 1.29 is 9.53 Å². The second kappa shape index (κ2) is 8.75. The number of amides is 1. The Morgan fingerprint density at radius 2 is 1.86 bits per heavy atom. The van der Waals surface area contributed by atoms with Crippen LogP contribution in [0.5, 0.6) is 5.75 Å². The summed E-state index contributed by atoms with van der Waals surface area (Å²) in [6.45, 7) is 0. The van der Waals surface area contributed by atoms with Crippen LogP contribution in [0.15, 0.2) is 78.3 Å². The molecule has 0 unspecified atom stereocenters. The predicted molar refractivity (Wildman–Crippen MR) is 117 cm³/mol. The molecule has 2 aromatic carbocycles. The summed E-state index contributed by atoms with van der Waals surface area (Å²) in [7, 11) is 1.62. The quantitative estimate of drug-likeness (QED) is 0.462. The molecule has 0 radical (unpaired) electrons. The summed E-state index contributed by atoms with van der Waals surface area (Å²) < 4.78 is 7.03. The maximum absolute atomic E-state index is 12.4. The summed E-state index contributed by atoms with van der Waals surface area (Å²) >= 11 is 1.65. The third kappa shape index (κ3) is 4.55. The molecule has 0 spiro atoms. The number of nitrogens with zero attached hydrogens (tertiary/aromatic N) is 2. The van der Waals surface area contributed by atoms with E-state index in [1.54, 1.807) is 18.4 Å². The minimum absolute atomic E-state index is 0.0280. The standard InChI is InChI=1S/C23H21N3O2S/c1-28-20-12-10-18(11-13-20)24-22(27)14-9-17-16-26(19-6-3-2-4-7-19)25-23(17)21-8-5-15-29-21/h2-8,10-13,15-16H,9,14H2,1H3,(H,24,27). The molecule has 4 rings (SSSR count). The minimum atomic E-state index is -0.0280. The normalized spacial score (nSPS) is 10.7. The zero-order valence-corrected chi connectivity index (χ0v) is 16.9. The number of benzene rings is 2. The van der Waals surface area contributed by atoms with Crippen molar-refractivity contribution in [1.29, 1.82) is 0 Å². The van der Waals surface area contributed by atoms with Crippen LogP contribution in [0.25, 0.3) is 16.3 Å². The molecule has 0 atom stereocenters. The highest BCUT2D eigenvalue weighted by atomic mass is 32.1. The van der Waals surface area contributed by atoms with Gasteiger partial charge in [0.1, 0.15) is 11.4 Å². The van der Waals surface area contributed by atoms with Gasteiger partial charge in [-0.05, 0) is 59.8 Å². The van der Waals surface area contributed by atoms with Crippen molar-refractivity contribution in [3.05, 3.63) is 83.9 Å². The van der Waals surface area contributed by atoms with E-state index in [2.05, 4.69) is 11.4 Å². The molecule has 1 amide bonds. The Hall–Kier alpha value is -3.38. The van der Waals surface area contributed by atoms with Gasteiger partial charge in [-0.2, -0.15) is 5.10 Å². The van der Waals surface area contributed by atoms with E-state index in [9.17, 15) is 4.79 Å². The Morgan fingerprint density at radius 3 is 2.55 bits per heavy atom. The molecule has 0 saturated carbocycles. The lowest BCUT2D eigenvalue weighted by atomic mass is 10.1. The lowest BCUT2D eigenvalue weighted by molar-refractivity contribution is -0.116. The molecule has 4 aromatic rings. The number of aryl methyl sites for hydroxylation is 1. The van der Waals surface area contributed by atoms with Crippen molar-refractivity contribution >= 4 is 22.9 Å². The van der Waals surface area contributed by atoms with Gasteiger partial charge in [0, 0.05) is 18.3 Å². The molecule has 0 aliphatic rings. The number of para-hydroxylation sites is 1. The van der Waals surface area contributed by atoms with Crippen molar-refractivity contribution in [3.63, 3.8) is 0 Å². The largest absolute Gasteiger partial charge is 0.497 e. The van der Waals surface area contributed by atoms with Gasteiger partial charge in [-0.1, -0.05) is 24.3 Å². The zero-order valence-electron chi connectivity index (χ0n) is 16.0. The van der Waals surface area contributed by atoms with Crippen LogP contribution in [0.3, 0.4) is 0 Å². The Morgan fingerprint density at radius 1 is 1.07 bits per heavy atom. The van der Waals surface area contributed by atoms with Crippen LogP contribution in [0.2, 0.25) is 0 Å². The summed E-state index contributed by atoms with van der Waals surface area (Å²) in [5.41, 5.74) is 3.75. The van der Waals surface area contributed by atoms with E-state index in [1.807, 2.05) is 76.9 Å². The summed E-state index contributed by atoms with van der Waals surface area (Å²) in [5, 5.41) is 9.76. The molecule has 146 valence electrons. The molecule has 6 heteroatoms. The number of carbonyl (C=O) groups is 1. The van der Waals surface area contributed by atoms with Crippen molar-refractivity contribution in [2.24, 2.45) is 0 Å². The van der Waals surface area contributed by atoms with E-state index >= 15 is 0 Å². The number of carbonyl (C=O) groups excluding carboxylic acids is 1. The summed E-state index contributed by atoms with van der Waals surface area (Å²) in [6.07, 6.45) is 3.01. The van der Waals surface area contributed by atoms with Gasteiger partial charge in [-0.25, -0.2) is 4.68 Å². The van der Waals surface area contributed by atoms with E-state index in [0.717, 1.165) is 33.3 Å². The molecule has 1 N–H and O–H groups in total. The highest BCUT2D eigenvalue weighted by Gasteiger charge is 2.14. The molecule has 0 aliphatic carbocycles. The number of rotatable bonds is 7. The second-order valence-electron chi connectivity index (χ2n) is 6.54. The highest BCUT2D eigenvalue weighted by molar-refractivity contribution is 7.13. The minimum Gasteiger partial charge on any atom is -0.497 e. The summed E-state index contributed by atoms with van der Waals surface area (Å²) in [4.78, 5) is 13.5. The first-order chi connectivity index (χ1) is 14.2. The average molecular weight is 404 g/mol. The van der Waals surface area contributed by atoms with Crippen molar-refractivity contribution in [1.82, 2.24) is 9.78 Å². The number of methoxy groups -OCH3 is 1. The van der Waals surface area contributed by atoms with E-state index in [1.165, 1.54) is 0 Å². The van der Waals surface area contributed by atoms with Crippen LogP contribution in [-0.2, 0) is 11.2 Å². The van der Waals surface area contributed by atoms with Gasteiger partial charge in [0.05, 0.1) is 17.7 Å².